The van der Waals surface area contributed by atoms with Crippen LogP contribution in [-0.4, -0.2) is 18.4 Å². The number of aliphatic imine (C=N–C) groups is 1. The minimum atomic E-state index is -4.43. The molecule has 1 N–H and O–H groups in total. The molecular weight excluding hydrogens is 265 g/mol. The molecule has 2 nitrogen and oxygen atoms in total. The fourth-order valence-electron chi connectivity index (χ4n) is 2.11. The van der Waals surface area contributed by atoms with Crippen molar-refractivity contribution < 1.29 is 13.2 Å². The summed E-state index contributed by atoms with van der Waals surface area (Å²) in [4.78, 5) is 3.86. The summed E-state index contributed by atoms with van der Waals surface area (Å²) in [5.74, 6) is 0. The zero-order valence-electron chi connectivity index (χ0n) is 11.2. The van der Waals surface area contributed by atoms with Crippen molar-refractivity contribution >= 4 is 5.71 Å². The lowest BCUT2D eigenvalue weighted by atomic mass is 10.1. The topological polar surface area (TPSA) is 24.4 Å². The van der Waals surface area contributed by atoms with Gasteiger partial charge < -0.3 is 5.32 Å². The summed E-state index contributed by atoms with van der Waals surface area (Å²) in [5.41, 5.74) is 0.562. The van der Waals surface area contributed by atoms with E-state index >= 15 is 0 Å². The van der Waals surface area contributed by atoms with Crippen molar-refractivity contribution in [3.05, 3.63) is 47.7 Å². The summed E-state index contributed by atoms with van der Waals surface area (Å²) >= 11 is 0. The van der Waals surface area contributed by atoms with Crippen molar-refractivity contribution in [3.8, 4) is 0 Å². The van der Waals surface area contributed by atoms with Crippen molar-refractivity contribution in [2.45, 2.75) is 32.0 Å². The molecule has 2 rings (SSSR count). The Balaban J connectivity index is 2.26. The summed E-state index contributed by atoms with van der Waals surface area (Å²) < 4.78 is 39.1. The molecular formula is C15H17F3N2. The maximum atomic E-state index is 13.0. The summed E-state index contributed by atoms with van der Waals surface area (Å²) in [7, 11) is 0. The van der Waals surface area contributed by atoms with Gasteiger partial charge in [0.05, 0.1) is 6.04 Å². The van der Waals surface area contributed by atoms with E-state index in [0.717, 1.165) is 24.6 Å². The van der Waals surface area contributed by atoms with Gasteiger partial charge in [0.2, 0.25) is 0 Å². The number of benzene rings is 1. The largest absolute Gasteiger partial charge is 0.432 e. The number of allylic oxidation sites excluding steroid dienone is 2. The first kappa shape index (κ1) is 14.6. The molecule has 1 atom stereocenters. The summed E-state index contributed by atoms with van der Waals surface area (Å²) in [6.45, 7) is 2.40. The van der Waals surface area contributed by atoms with Gasteiger partial charge in [-0.25, -0.2) is 0 Å². The maximum Gasteiger partial charge on any atom is 0.432 e. The Hall–Kier alpha value is -1.78. The van der Waals surface area contributed by atoms with Crippen molar-refractivity contribution in [2.75, 3.05) is 6.54 Å². The molecule has 0 spiro atoms. The molecule has 0 amide bonds. The van der Waals surface area contributed by atoms with Crippen molar-refractivity contribution in [1.82, 2.24) is 5.32 Å². The molecule has 1 saturated heterocycles. The number of halogens is 3. The lowest BCUT2D eigenvalue weighted by Gasteiger charge is -2.12. The van der Waals surface area contributed by atoms with E-state index in [9.17, 15) is 13.2 Å². The molecule has 108 valence electrons. The van der Waals surface area contributed by atoms with Gasteiger partial charge in [0, 0.05) is 12.2 Å². The van der Waals surface area contributed by atoms with E-state index in [1.807, 2.05) is 6.07 Å². The van der Waals surface area contributed by atoms with Gasteiger partial charge in [0.25, 0.3) is 0 Å². The molecule has 1 aliphatic heterocycles. The number of nitrogens with zero attached hydrogens (tertiary/aromatic N) is 1. The average molecular weight is 282 g/mol. The Kier molecular flexibility index (Phi) is 4.47. The molecule has 1 fully saturated rings. The Morgan fingerprint density at radius 1 is 1.30 bits per heavy atom. The predicted octanol–water partition coefficient (Wildman–Crippen LogP) is 4.02. The third kappa shape index (κ3) is 3.85. The molecule has 5 heteroatoms. The summed E-state index contributed by atoms with van der Waals surface area (Å²) in [6, 6.07) is 8.46. The van der Waals surface area contributed by atoms with Gasteiger partial charge in [-0.05, 0) is 31.4 Å². The Morgan fingerprint density at radius 3 is 2.55 bits per heavy atom. The highest BCUT2D eigenvalue weighted by Crippen LogP contribution is 2.25. The molecule has 1 aromatic carbocycles. The van der Waals surface area contributed by atoms with Crippen LogP contribution in [0.3, 0.4) is 0 Å². The van der Waals surface area contributed by atoms with Crippen LogP contribution in [0.2, 0.25) is 0 Å². The second-order valence-corrected chi connectivity index (χ2v) is 4.80. The second-order valence-electron chi connectivity index (χ2n) is 4.80. The van der Waals surface area contributed by atoms with Gasteiger partial charge >= 0.3 is 6.18 Å². The molecule has 1 aliphatic rings. The number of nitrogens with one attached hydrogen (secondary N) is 1. The van der Waals surface area contributed by atoms with E-state index in [4.69, 9.17) is 0 Å². The third-order valence-corrected chi connectivity index (χ3v) is 3.19. The first-order chi connectivity index (χ1) is 9.47. The quantitative estimate of drug-likeness (QED) is 0.832. The number of alkyl halides is 3. The normalized spacial score (nSPS) is 20.0. The SMILES string of the molecule is CC(N=C(/C=C1/CCCN1)C(F)(F)F)c1ccccc1. The molecule has 20 heavy (non-hydrogen) atoms. The van der Waals surface area contributed by atoms with Gasteiger partial charge in [-0.15, -0.1) is 0 Å². The van der Waals surface area contributed by atoms with E-state index in [2.05, 4.69) is 10.3 Å². The van der Waals surface area contributed by atoms with Crippen LogP contribution in [0.5, 0.6) is 0 Å². The summed E-state index contributed by atoms with van der Waals surface area (Å²) in [6.07, 6.45) is -1.78. The van der Waals surface area contributed by atoms with Crippen LogP contribution in [0.1, 0.15) is 31.4 Å². The fourth-order valence-corrected chi connectivity index (χ4v) is 2.11. The minimum Gasteiger partial charge on any atom is -0.388 e. The van der Waals surface area contributed by atoms with Crippen LogP contribution in [0, 0.1) is 0 Å². The molecule has 0 aliphatic carbocycles. The summed E-state index contributed by atoms with van der Waals surface area (Å²) in [5, 5.41) is 2.95. The zero-order valence-corrected chi connectivity index (χ0v) is 11.2. The minimum absolute atomic E-state index is 0.522. The lowest BCUT2D eigenvalue weighted by molar-refractivity contribution is -0.0581. The van der Waals surface area contributed by atoms with Crippen LogP contribution in [0.15, 0.2) is 47.1 Å². The van der Waals surface area contributed by atoms with E-state index in [0.29, 0.717) is 12.1 Å². The van der Waals surface area contributed by atoms with Crippen molar-refractivity contribution in [3.63, 3.8) is 0 Å². The van der Waals surface area contributed by atoms with E-state index < -0.39 is 17.9 Å². The lowest BCUT2D eigenvalue weighted by Crippen LogP contribution is -2.23. The Bertz CT molecular complexity index is 496. The third-order valence-electron chi connectivity index (χ3n) is 3.19. The van der Waals surface area contributed by atoms with E-state index in [1.54, 1.807) is 31.2 Å². The van der Waals surface area contributed by atoms with Gasteiger partial charge in [-0.3, -0.25) is 4.99 Å². The first-order valence-electron chi connectivity index (χ1n) is 6.61. The highest BCUT2D eigenvalue weighted by Gasteiger charge is 2.35. The van der Waals surface area contributed by atoms with Gasteiger partial charge in [0.1, 0.15) is 5.71 Å². The maximum absolute atomic E-state index is 13.0. The molecule has 1 unspecified atom stereocenters. The first-order valence-corrected chi connectivity index (χ1v) is 6.61. The van der Waals surface area contributed by atoms with E-state index in [-0.39, 0.29) is 0 Å². The van der Waals surface area contributed by atoms with Crippen LogP contribution < -0.4 is 5.32 Å². The highest BCUT2D eigenvalue weighted by molar-refractivity contribution is 6.00. The van der Waals surface area contributed by atoms with Crippen LogP contribution in [0.25, 0.3) is 0 Å². The van der Waals surface area contributed by atoms with Gasteiger partial charge in [0.15, 0.2) is 0 Å². The van der Waals surface area contributed by atoms with Crippen molar-refractivity contribution in [1.29, 1.82) is 0 Å². The van der Waals surface area contributed by atoms with Gasteiger partial charge in [-0.2, -0.15) is 13.2 Å². The van der Waals surface area contributed by atoms with Crippen LogP contribution in [-0.2, 0) is 0 Å². The molecule has 0 saturated carbocycles. The molecule has 0 bridgehead atoms. The highest BCUT2D eigenvalue weighted by atomic mass is 19.4. The molecule has 1 heterocycles. The number of rotatable bonds is 3. The monoisotopic (exact) mass is 282 g/mol. The predicted molar refractivity (Wildman–Crippen MR) is 73.7 cm³/mol. The van der Waals surface area contributed by atoms with Crippen molar-refractivity contribution in [2.24, 2.45) is 4.99 Å². The molecule has 0 aromatic heterocycles. The average Bonchev–Trinajstić information content (AvgIpc) is 2.91. The Morgan fingerprint density at radius 2 is 2.00 bits per heavy atom. The van der Waals surface area contributed by atoms with Gasteiger partial charge in [-0.1, -0.05) is 30.3 Å². The number of hydrogen-bond donors (Lipinski definition) is 1. The van der Waals surface area contributed by atoms with Crippen LogP contribution >= 0.6 is 0 Å². The zero-order chi connectivity index (χ0) is 14.6. The fraction of sp³-hybridized carbons (Fsp3) is 0.400. The second kappa shape index (κ2) is 6.11. The number of hydrogen-bond acceptors (Lipinski definition) is 2. The van der Waals surface area contributed by atoms with E-state index in [1.165, 1.54) is 0 Å². The van der Waals surface area contributed by atoms with Crippen LogP contribution in [0.4, 0.5) is 13.2 Å². The smallest absolute Gasteiger partial charge is 0.388 e. The molecule has 0 radical (unpaired) electrons. The standard InChI is InChI=1S/C15H17F3N2/c1-11(12-6-3-2-4-7-12)20-14(15(16,17)18)10-13-8-5-9-19-13/h2-4,6-7,10-11,19H,5,8-9H2,1H3/b13-10-,20-14?. The molecule has 1 aromatic rings. The Labute approximate surface area is 116 Å².